The maximum absolute atomic E-state index is 12.5. The fourth-order valence-corrected chi connectivity index (χ4v) is 3.70. The summed E-state index contributed by atoms with van der Waals surface area (Å²) in [6, 6.07) is 13.4. The minimum atomic E-state index is -0.273. The molecule has 0 saturated carbocycles. The zero-order valence-corrected chi connectivity index (χ0v) is 14.1. The van der Waals surface area contributed by atoms with Gasteiger partial charge in [-0.2, -0.15) is 4.99 Å². The van der Waals surface area contributed by atoms with Gasteiger partial charge in [-0.3, -0.25) is 4.79 Å². The Labute approximate surface area is 141 Å². The second kappa shape index (κ2) is 5.68. The third-order valence-corrected chi connectivity index (χ3v) is 5.09. The topological polar surface area (TPSA) is 65.1 Å². The largest absolute Gasteiger partial charge is 0.319 e. The van der Waals surface area contributed by atoms with Gasteiger partial charge in [-0.25, -0.2) is 4.68 Å². The first kappa shape index (κ1) is 14.8. The molecule has 0 bridgehead atoms. The smallest absolute Gasteiger partial charge is 0.279 e. The van der Waals surface area contributed by atoms with Crippen molar-refractivity contribution < 1.29 is 4.79 Å². The van der Waals surface area contributed by atoms with Gasteiger partial charge in [0.05, 0.1) is 15.7 Å². The predicted molar refractivity (Wildman–Crippen MR) is 93.9 cm³/mol. The Balaban J connectivity index is 1.79. The first-order chi connectivity index (χ1) is 11.7. The van der Waals surface area contributed by atoms with Crippen LogP contribution in [0, 0.1) is 0 Å². The van der Waals surface area contributed by atoms with E-state index >= 15 is 0 Å². The van der Waals surface area contributed by atoms with Crippen molar-refractivity contribution in [1.29, 1.82) is 0 Å². The third kappa shape index (κ3) is 2.33. The summed E-state index contributed by atoms with van der Waals surface area (Å²) >= 11 is 1.50. The summed E-state index contributed by atoms with van der Waals surface area (Å²) in [6.45, 7) is 2.75. The van der Waals surface area contributed by atoms with Crippen LogP contribution >= 0.6 is 11.3 Å². The van der Waals surface area contributed by atoms with Gasteiger partial charge in [-0.1, -0.05) is 28.7 Å². The number of carbonyl (C=O) groups is 1. The SMILES string of the molecule is CCn1nnc2cc(C(=O)N=c3sc4ccccc4n3C)ccc21. The van der Waals surface area contributed by atoms with Gasteiger partial charge >= 0.3 is 0 Å². The van der Waals surface area contributed by atoms with Crippen molar-refractivity contribution in [2.45, 2.75) is 13.5 Å². The molecule has 24 heavy (non-hydrogen) atoms. The van der Waals surface area contributed by atoms with Crippen molar-refractivity contribution in [3.63, 3.8) is 0 Å². The number of aryl methyl sites for hydroxylation is 2. The van der Waals surface area contributed by atoms with Gasteiger partial charge < -0.3 is 4.57 Å². The van der Waals surface area contributed by atoms with Crippen molar-refractivity contribution in [3.8, 4) is 0 Å². The molecule has 0 unspecified atom stereocenters. The number of amides is 1. The Morgan fingerprint density at radius 3 is 2.83 bits per heavy atom. The lowest BCUT2D eigenvalue weighted by atomic mass is 10.2. The van der Waals surface area contributed by atoms with Crippen LogP contribution in [0.5, 0.6) is 0 Å². The Kier molecular flexibility index (Phi) is 3.50. The van der Waals surface area contributed by atoms with Gasteiger partial charge in [-0.15, -0.1) is 5.10 Å². The zero-order valence-electron chi connectivity index (χ0n) is 13.3. The maximum Gasteiger partial charge on any atom is 0.279 e. The van der Waals surface area contributed by atoms with Crippen LogP contribution in [0.4, 0.5) is 0 Å². The normalized spacial score (nSPS) is 12.3. The molecule has 0 saturated heterocycles. The van der Waals surface area contributed by atoms with Crippen LogP contribution in [-0.2, 0) is 13.6 Å². The molecule has 0 aliphatic heterocycles. The highest BCUT2D eigenvalue weighted by molar-refractivity contribution is 7.16. The molecule has 2 heterocycles. The molecule has 7 heteroatoms. The van der Waals surface area contributed by atoms with E-state index in [-0.39, 0.29) is 5.91 Å². The summed E-state index contributed by atoms with van der Waals surface area (Å²) in [5.41, 5.74) is 3.21. The second-order valence-electron chi connectivity index (χ2n) is 5.44. The van der Waals surface area contributed by atoms with E-state index in [2.05, 4.69) is 15.3 Å². The Bertz CT molecular complexity index is 1130. The number of carbonyl (C=O) groups excluding carboxylic acids is 1. The summed E-state index contributed by atoms with van der Waals surface area (Å²) < 4.78 is 4.84. The minimum absolute atomic E-state index is 0.273. The van der Waals surface area contributed by atoms with E-state index < -0.39 is 0 Å². The summed E-state index contributed by atoms with van der Waals surface area (Å²) in [4.78, 5) is 17.5. The van der Waals surface area contributed by atoms with E-state index in [4.69, 9.17) is 0 Å². The van der Waals surface area contributed by atoms with Gasteiger partial charge in [0.2, 0.25) is 0 Å². The number of fused-ring (bicyclic) bond motifs is 2. The number of thiazole rings is 1. The summed E-state index contributed by atoms with van der Waals surface area (Å²) in [6.07, 6.45) is 0. The Morgan fingerprint density at radius 2 is 2.04 bits per heavy atom. The van der Waals surface area contributed by atoms with Crippen molar-refractivity contribution >= 4 is 38.5 Å². The van der Waals surface area contributed by atoms with Gasteiger partial charge in [0.15, 0.2) is 4.80 Å². The number of rotatable bonds is 2. The van der Waals surface area contributed by atoms with E-state index in [0.29, 0.717) is 15.9 Å². The molecular formula is C17H15N5OS. The molecule has 2 aromatic heterocycles. The molecule has 2 aromatic carbocycles. The first-order valence-corrected chi connectivity index (χ1v) is 8.46. The van der Waals surface area contributed by atoms with Crippen molar-refractivity contribution in [3.05, 3.63) is 52.8 Å². The van der Waals surface area contributed by atoms with Crippen LogP contribution in [0.3, 0.4) is 0 Å². The highest BCUT2D eigenvalue weighted by Crippen LogP contribution is 2.16. The lowest BCUT2D eigenvalue weighted by molar-refractivity contribution is 0.0998. The van der Waals surface area contributed by atoms with E-state index in [0.717, 1.165) is 22.3 Å². The molecule has 6 nitrogen and oxygen atoms in total. The van der Waals surface area contributed by atoms with Crippen LogP contribution < -0.4 is 4.80 Å². The Morgan fingerprint density at radius 1 is 1.21 bits per heavy atom. The Hall–Kier alpha value is -2.80. The lowest BCUT2D eigenvalue weighted by Gasteiger charge is -1.98. The molecule has 0 atom stereocenters. The molecule has 0 aliphatic rings. The van der Waals surface area contributed by atoms with Crippen molar-refractivity contribution in [2.24, 2.45) is 12.0 Å². The summed E-state index contributed by atoms with van der Waals surface area (Å²) in [7, 11) is 1.92. The number of aromatic nitrogens is 4. The van der Waals surface area contributed by atoms with Crippen LogP contribution in [0.2, 0.25) is 0 Å². The fraction of sp³-hybridized carbons (Fsp3) is 0.176. The number of hydrogen-bond acceptors (Lipinski definition) is 4. The molecule has 120 valence electrons. The highest BCUT2D eigenvalue weighted by atomic mass is 32.1. The third-order valence-electron chi connectivity index (χ3n) is 3.97. The summed E-state index contributed by atoms with van der Waals surface area (Å²) in [5, 5.41) is 8.17. The molecule has 4 rings (SSSR count). The molecular weight excluding hydrogens is 322 g/mol. The lowest BCUT2D eigenvalue weighted by Crippen LogP contribution is -2.13. The first-order valence-electron chi connectivity index (χ1n) is 7.64. The molecule has 0 fully saturated rings. The van der Waals surface area contributed by atoms with Crippen LogP contribution in [0.25, 0.3) is 21.3 Å². The highest BCUT2D eigenvalue weighted by Gasteiger charge is 2.10. The fourth-order valence-electron chi connectivity index (χ4n) is 2.68. The maximum atomic E-state index is 12.5. The van der Waals surface area contributed by atoms with Gasteiger partial charge in [0.25, 0.3) is 5.91 Å². The number of benzene rings is 2. The van der Waals surface area contributed by atoms with Crippen LogP contribution in [-0.4, -0.2) is 25.5 Å². The monoisotopic (exact) mass is 337 g/mol. The standard InChI is InChI=1S/C17H15N5OS/c1-3-22-13-9-8-11(10-12(13)19-20-22)16(23)18-17-21(2)14-6-4-5-7-15(14)24-17/h4-10H,3H2,1-2H3. The predicted octanol–water partition coefficient (Wildman–Crippen LogP) is 2.75. The molecule has 4 aromatic rings. The summed E-state index contributed by atoms with van der Waals surface area (Å²) in [5.74, 6) is -0.273. The average molecular weight is 337 g/mol. The average Bonchev–Trinajstić information content (AvgIpc) is 3.16. The van der Waals surface area contributed by atoms with E-state index in [1.54, 1.807) is 16.8 Å². The van der Waals surface area contributed by atoms with Crippen LogP contribution in [0.1, 0.15) is 17.3 Å². The number of nitrogens with zero attached hydrogens (tertiary/aromatic N) is 5. The van der Waals surface area contributed by atoms with Crippen molar-refractivity contribution in [2.75, 3.05) is 0 Å². The molecule has 0 radical (unpaired) electrons. The van der Waals surface area contributed by atoms with Gasteiger partial charge in [0.1, 0.15) is 5.52 Å². The molecule has 0 aliphatic carbocycles. The van der Waals surface area contributed by atoms with Gasteiger partial charge in [-0.05, 0) is 37.3 Å². The number of hydrogen-bond donors (Lipinski definition) is 0. The van der Waals surface area contributed by atoms with Gasteiger partial charge in [0, 0.05) is 19.2 Å². The minimum Gasteiger partial charge on any atom is -0.319 e. The zero-order chi connectivity index (χ0) is 16.7. The van der Waals surface area contributed by atoms with E-state index in [9.17, 15) is 4.79 Å². The molecule has 1 amide bonds. The van der Waals surface area contributed by atoms with E-state index in [1.807, 2.05) is 48.9 Å². The second-order valence-corrected chi connectivity index (χ2v) is 6.45. The van der Waals surface area contributed by atoms with Crippen LogP contribution in [0.15, 0.2) is 47.5 Å². The molecule has 0 N–H and O–H groups in total. The number of para-hydroxylation sites is 1. The molecule has 0 spiro atoms. The van der Waals surface area contributed by atoms with E-state index in [1.165, 1.54) is 11.3 Å². The van der Waals surface area contributed by atoms with Crippen molar-refractivity contribution in [1.82, 2.24) is 19.6 Å². The quantitative estimate of drug-likeness (QED) is 0.565.